The lowest BCUT2D eigenvalue weighted by Gasteiger charge is -2.15. The third kappa shape index (κ3) is 4.68. The van der Waals surface area contributed by atoms with E-state index in [1.165, 1.54) is 0 Å². The molecule has 0 saturated heterocycles. The van der Waals surface area contributed by atoms with Crippen LogP contribution in [0.2, 0.25) is 0 Å². The minimum atomic E-state index is -0.152. The van der Waals surface area contributed by atoms with Gasteiger partial charge in [0.1, 0.15) is 0 Å². The second-order valence-corrected chi connectivity index (χ2v) is 7.16. The summed E-state index contributed by atoms with van der Waals surface area (Å²) in [6.07, 6.45) is 1.01. The maximum absolute atomic E-state index is 6.04. The zero-order valence-corrected chi connectivity index (χ0v) is 12.2. The van der Waals surface area contributed by atoms with Crippen molar-refractivity contribution in [3.05, 3.63) is 11.7 Å². The summed E-state index contributed by atoms with van der Waals surface area (Å²) in [5.74, 6) is 2.42. The molecule has 0 spiro atoms. The quantitative estimate of drug-likeness (QED) is 0.877. The van der Waals surface area contributed by atoms with Crippen LogP contribution in [0.25, 0.3) is 0 Å². The molecule has 1 aromatic heterocycles. The van der Waals surface area contributed by atoms with Crippen molar-refractivity contribution in [3.63, 3.8) is 0 Å². The van der Waals surface area contributed by atoms with Gasteiger partial charge in [-0.2, -0.15) is 4.98 Å². The summed E-state index contributed by atoms with van der Waals surface area (Å²) >= 11 is 1.80. The number of aromatic nitrogens is 2. The molecule has 5 heteroatoms. The summed E-state index contributed by atoms with van der Waals surface area (Å²) in [5, 5.41) is 3.97. The third-order valence-electron chi connectivity index (χ3n) is 2.66. The van der Waals surface area contributed by atoms with Crippen LogP contribution in [0.5, 0.6) is 0 Å². The predicted octanol–water partition coefficient (Wildman–Crippen LogP) is 3.15. The Balaban J connectivity index is 2.59. The van der Waals surface area contributed by atoms with Gasteiger partial charge in [-0.25, -0.2) is 0 Å². The van der Waals surface area contributed by atoms with Crippen LogP contribution < -0.4 is 5.73 Å². The van der Waals surface area contributed by atoms with Crippen LogP contribution in [0.4, 0.5) is 0 Å². The number of rotatable bonds is 5. The summed E-state index contributed by atoms with van der Waals surface area (Å²) in [6, 6.07) is -0.152. The summed E-state index contributed by atoms with van der Waals surface area (Å²) < 4.78 is 5.42. The molecule has 1 heterocycles. The fourth-order valence-electron chi connectivity index (χ4n) is 1.24. The molecular formula is C12H23N3OS. The first kappa shape index (κ1) is 14.5. The molecule has 0 aliphatic heterocycles. The molecule has 0 saturated carbocycles. The van der Waals surface area contributed by atoms with E-state index in [-0.39, 0.29) is 10.8 Å². The third-order valence-corrected chi connectivity index (χ3v) is 3.93. The molecule has 2 atom stereocenters. The molecule has 0 aromatic carbocycles. The van der Waals surface area contributed by atoms with E-state index in [0.717, 1.165) is 18.0 Å². The average Bonchev–Trinajstić information content (AvgIpc) is 2.72. The second-order valence-electron chi connectivity index (χ2n) is 5.36. The maximum Gasteiger partial charge on any atom is 0.243 e. The summed E-state index contributed by atoms with van der Waals surface area (Å²) in [5.41, 5.74) is 6.04. The Morgan fingerprint density at radius 3 is 2.59 bits per heavy atom. The Hall–Kier alpha value is -0.550. The van der Waals surface area contributed by atoms with Crippen molar-refractivity contribution in [3.8, 4) is 0 Å². The minimum Gasteiger partial charge on any atom is -0.338 e. The van der Waals surface area contributed by atoms with Gasteiger partial charge in [0, 0.05) is 4.75 Å². The Morgan fingerprint density at radius 2 is 2.06 bits per heavy atom. The summed E-state index contributed by atoms with van der Waals surface area (Å²) in [7, 11) is 0. The molecule has 2 unspecified atom stereocenters. The van der Waals surface area contributed by atoms with Gasteiger partial charge < -0.3 is 10.3 Å². The van der Waals surface area contributed by atoms with Gasteiger partial charge in [0.2, 0.25) is 5.89 Å². The zero-order valence-electron chi connectivity index (χ0n) is 11.4. The Morgan fingerprint density at radius 1 is 1.41 bits per heavy atom. The highest BCUT2D eigenvalue weighted by molar-refractivity contribution is 7.99. The first-order valence-corrected chi connectivity index (χ1v) is 7.04. The Kier molecular flexibility index (Phi) is 5.01. The van der Waals surface area contributed by atoms with Crippen molar-refractivity contribution in [1.29, 1.82) is 0 Å². The highest BCUT2D eigenvalue weighted by atomic mass is 32.2. The van der Waals surface area contributed by atoms with E-state index in [2.05, 4.69) is 44.8 Å². The van der Waals surface area contributed by atoms with Gasteiger partial charge in [0.15, 0.2) is 5.82 Å². The fourth-order valence-corrected chi connectivity index (χ4v) is 1.92. The number of thioether (sulfide) groups is 1. The molecule has 17 heavy (non-hydrogen) atoms. The van der Waals surface area contributed by atoms with E-state index in [4.69, 9.17) is 10.3 Å². The van der Waals surface area contributed by atoms with Crippen molar-refractivity contribution < 1.29 is 4.52 Å². The fraction of sp³-hybridized carbons (Fsp3) is 0.833. The van der Waals surface area contributed by atoms with E-state index in [1.807, 2.05) is 0 Å². The summed E-state index contributed by atoms with van der Waals surface area (Å²) in [6.45, 7) is 10.7. The van der Waals surface area contributed by atoms with Crippen LogP contribution in [0.1, 0.15) is 58.8 Å². The number of nitrogens with zero attached hydrogens (tertiary/aromatic N) is 2. The van der Waals surface area contributed by atoms with E-state index >= 15 is 0 Å². The van der Waals surface area contributed by atoms with Crippen LogP contribution in [-0.4, -0.2) is 14.9 Å². The van der Waals surface area contributed by atoms with Gasteiger partial charge in [-0.1, -0.05) is 46.2 Å². The van der Waals surface area contributed by atoms with Crippen LogP contribution in [0.15, 0.2) is 4.52 Å². The number of hydrogen-bond donors (Lipinski definition) is 1. The number of hydrogen-bond acceptors (Lipinski definition) is 5. The molecule has 1 aromatic rings. The van der Waals surface area contributed by atoms with Gasteiger partial charge in [-0.15, -0.1) is 11.8 Å². The molecule has 1 rings (SSSR count). The van der Waals surface area contributed by atoms with Crippen molar-refractivity contribution in [2.24, 2.45) is 11.7 Å². The zero-order chi connectivity index (χ0) is 13.1. The molecule has 2 N–H and O–H groups in total. The van der Waals surface area contributed by atoms with Crippen molar-refractivity contribution in [2.75, 3.05) is 0 Å². The largest absolute Gasteiger partial charge is 0.338 e. The normalized spacial score (nSPS) is 15.9. The Bertz CT molecular complexity index is 346. The lowest BCUT2D eigenvalue weighted by molar-refractivity contribution is 0.311. The van der Waals surface area contributed by atoms with E-state index < -0.39 is 0 Å². The molecule has 0 fully saturated rings. The highest BCUT2D eigenvalue weighted by Crippen LogP contribution is 2.27. The second kappa shape index (κ2) is 5.87. The SMILES string of the molecule is CCC(C)C(N)c1nc(CSC(C)(C)C)no1. The van der Waals surface area contributed by atoms with Gasteiger partial charge in [0.05, 0.1) is 11.8 Å². The first-order valence-electron chi connectivity index (χ1n) is 6.05. The van der Waals surface area contributed by atoms with E-state index in [0.29, 0.717) is 11.8 Å². The van der Waals surface area contributed by atoms with Gasteiger partial charge >= 0.3 is 0 Å². The average molecular weight is 257 g/mol. The maximum atomic E-state index is 6.04. The summed E-state index contributed by atoms with van der Waals surface area (Å²) in [4.78, 5) is 4.36. The first-order chi connectivity index (χ1) is 7.83. The van der Waals surface area contributed by atoms with E-state index in [1.54, 1.807) is 11.8 Å². The molecule has 4 nitrogen and oxygen atoms in total. The lowest BCUT2D eigenvalue weighted by atomic mass is 10.0. The van der Waals surface area contributed by atoms with Crippen LogP contribution in [0.3, 0.4) is 0 Å². The predicted molar refractivity (Wildman–Crippen MR) is 71.7 cm³/mol. The molecule has 0 aliphatic carbocycles. The van der Waals surface area contributed by atoms with E-state index in [9.17, 15) is 0 Å². The lowest BCUT2D eigenvalue weighted by Crippen LogP contribution is -2.18. The van der Waals surface area contributed by atoms with Crippen molar-refractivity contribution >= 4 is 11.8 Å². The molecule has 0 bridgehead atoms. The monoisotopic (exact) mass is 257 g/mol. The van der Waals surface area contributed by atoms with Gasteiger partial charge in [0.25, 0.3) is 0 Å². The molecule has 0 amide bonds. The topological polar surface area (TPSA) is 64.9 Å². The van der Waals surface area contributed by atoms with Crippen LogP contribution >= 0.6 is 11.8 Å². The Labute approximate surface area is 108 Å². The van der Waals surface area contributed by atoms with Crippen molar-refractivity contribution in [2.45, 2.75) is 57.6 Å². The minimum absolute atomic E-state index is 0.152. The van der Waals surface area contributed by atoms with Gasteiger partial charge in [-0.05, 0) is 5.92 Å². The standard InChI is InChI=1S/C12H23N3OS/c1-6-8(2)10(13)11-14-9(15-16-11)7-17-12(3,4)5/h8,10H,6-7,13H2,1-5H3. The van der Waals surface area contributed by atoms with Gasteiger partial charge in [-0.3, -0.25) is 0 Å². The highest BCUT2D eigenvalue weighted by Gasteiger charge is 2.20. The van der Waals surface area contributed by atoms with Crippen LogP contribution in [0, 0.1) is 5.92 Å². The van der Waals surface area contributed by atoms with Crippen molar-refractivity contribution in [1.82, 2.24) is 10.1 Å². The molecule has 98 valence electrons. The molecule has 0 aliphatic rings. The molecule has 0 radical (unpaired) electrons. The smallest absolute Gasteiger partial charge is 0.243 e. The van der Waals surface area contributed by atoms with Crippen LogP contribution in [-0.2, 0) is 5.75 Å². The number of nitrogens with two attached hydrogens (primary N) is 1. The molecular weight excluding hydrogens is 234 g/mol.